The zero-order valence-electron chi connectivity index (χ0n) is 11.1. The van der Waals surface area contributed by atoms with Crippen molar-refractivity contribution in [3.05, 3.63) is 46.6 Å². The Morgan fingerprint density at radius 3 is 2.53 bits per heavy atom. The van der Waals surface area contributed by atoms with Crippen LogP contribution in [0.3, 0.4) is 0 Å². The highest BCUT2D eigenvalue weighted by molar-refractivity contribution is 6.33. The molecule has 0 amide bonds. The molecule has 0 bridgehead atoms. The van der Waals surface area contributed by atoms with E-state index >= 15 is 0 Å². The maximum Gasteiger partial charge on any atom is 0.352 e. The number of hydrogen-bond acceptors (Lipinski definition) is 1. The van der Waals surface area contributed by atoms with Crippen LogP contribution in [0.5, 0.6) is 0 Å². The van der Waals surface area contributed by atoms with Gasteiger partial charge < -0.3 is 9.67 Å². The van der Waals surface area contributed by atoms with Crippen LogP contribution in [0.4, 0.5) is 0 Å². The lowest BCUT2D eigenvalue weighted by atomic mass is 10.1. The summed E-state index contributed by atoms with van der Waals surface area (Å²) in [6.07, 6.45) is 0. The van der Waals surface area contributed by atoms with Crippen LogP contribution < -0.4 is 0 Å². The third-order valence-corrected chi connectivity index (χ3v) is 3.38. The summed E-state index contributed by atoms with van der Waals surface area (Å²) in [7, 11) is 0. The van der Waals surface area contributed by atoms with Gasteiger partial charge in [-0.1, -0.05) is 23.2 Å². The largest absolute Gasteiger partial charge is 0.477 e. The Labute approximate surface area is 117 Å². The predicted molar refractivity (Wildman–Crippen MR) is 77.0 cm³/mol. The molecule has 100 valence electrons. The number of nitrogens with zero attached hydrogens (tertiary/aromatic N) is 1. The van der Waals surface area contributed by atoms with Gasteiger partial charge in [0.15, 0.2) is 0 Å². The fraction of sp³-hybridized carbons (Fsp3) is 0.267. The van der Waals surface area contributed by atoms with E-state index in [0.717, 1.165) is 16.8 Å². The second-order valence-electron chi connectivity index (χ2n) is 4.86. The van der Waals surface area contributed by atoms with Crippen LogP contribution >= 0.6 is 11.6 Å². The molecule has 0 aliphatic heterocycles. The first-order chi connectivity index (χ1) is 8.91. The molecule has 0 spiro atoms. The Bertz CT molecular complexity index is 629. The summed E-state index contributed by atoms with van der Waals surface area (Å²) >= 11 is 6.24. The minimum Gasteiger partial charge on any atom is -0.477 e. The summed E-state index contributed by atoms with van der Waals surface area (Å²) < 4.78 is 1.79. The van der Waals surface area contributed by atoms with Crippen molar-refractivity contribution in [3.63, 3.8) is 0 Å². The molecular formula is C15H16ClNO2. The smallest absolute Gasteiger partial charge is 0.352 e. The first-order valence-corrected chi connectivity index (χ1v) is 6.50. The summed E-state index contributed by atoms with van der Waals surface area (Å²) in [5, 5.41) is 9.87. The van der Waals surface area contributed by atoms with Crippen molar-refractivity contribution < 1.29 is 9.90 Å². The molecule has 0 atom stereocenters. The lowest BCUT2D eigenvalue weighted by Gasteiger charge is -2.16. The van der Waals surface area contributed by atoms with Crippen LogP contribution in [0.2, 0.25) is 5.02 Å². The standard InChI is InChI=1S/C15H16ClNO2/c1-9(2)17-13(6-7-14(17)15(18)19)11-8-10(3)4-5-12(11)16/h4-9H,1-3H3,(H,18,19). The van der Waals surface area contributed by atoms with Crippen LogP contribution in [0.25, 0.3) is 11.3 Å². The Morgan fingerprint density at radius 2 is 1.95 bits per heavy atom. The first kappa shape index (κ1) is 13.7. The van der Waals surface area contributed by atoms with Crippen LogP contribution in [-0.4, -0.2) is 15.6 Å². The van der Waals surface area contributed by atoms with E-state index in [1.807, 2.05) is 45.0 Å². The number of carboxylic acids is 1. The van der Waals surface area contributed by atoms with Crippen molar-refractivity contribution in [3.8, 4) is 11.3 Å². The van der Waals surface area contributed by atoms with Gasteiger partial charge in [-0.25, -0.2) is 4.79 Å². The van der Waals surface area contributed by atoms with Gasteiger partial charge >= 0.3 is 5.97 Å². The molecule has 2 aromatic rings. The number of hydrogen-bond donors (Lipinski definition) is 1. The second kappa shape index (κ2) is 5.10. The molecule has 0 saturated carbocycles. The molecule has 0 aliphatic carbocycles. The van der Waals surface area contributed by atoms with E-state index in [2.05, 4.69) is 0 Å². The number of aromatic nitrogens is 1. The van der Waals surface area contributed by atoms with E-state index in [1.165, 1.54) is 0 Å². The van der Waals surface area contributed by atoms with Gasteiger partial charge in [-0.15, -0.1) is 0 Å². The van der Waals surface area contributed by atoms with Gasteiger partial charge in [0.25, 0.3) is 0 Å². The number of benzene rings is 1. The van der Waals surface area contributed by atoms with Crippen molar-refractivity contribution in [2.24, 2.45) is 0 Å². The van der Waals surface area contributed by atoms with Gasteiger partial charge in [0.05, 0.1) is 5.69 Å². The Balaban J connectivity index is 2.69. The van der Waals surface area contributed by atoms with Crippen molar-refractivity contribution in [2.75, 3.05) is 0 Å². The summed E-state index contributed by atoms with van der Waals surface area (Å²) in [6.45, 7) is 5.90. The van der Waals surface area contributed by atoms with E-state index in [-0.39, 0.29) is 11.7 Å². The van der Waals surface area contributed by atoms with Gasteiger partial charge in [0.1, 0.15) is 5.69 Å². The molecule has 3 nitrogen and oxygen atoms in total. The molecular weight excluding hydrogens is 262 g/mol. The molecule has 1 N–H and O–H groups in total. The number of aromatic carboxylic acids is 1. The maximum atomic E-state index is 11.3. The molecule has 0 saturated heterocycles. The van der Waals surface area contributed by atoms with Crippen molar-refractivity contribution in [1.29, 1.82) is 0 Å². The molecule has 0 fully saturated rings. The minimum atomic E-state index is -0.927. The molecule has 0 radical (unpaired) electrons. The molecule has 1 heterocycles. The minimum absolute atomic E-state index is 0.0488. The van der Waals surface area contributed by atoms with Gasteiger partial charge in [0.2, 0.25) is 0 Å². The Kier molecular flexibility index (Phi) is 3.67. The van der Waals surface area contributed by atoms with Crippen LogP contribution in [0, 0.1) is 6.92 Å². The zero-order chi connectivity index (χ0) is 14.2. The fourth-order valence-electron chi connectivity index (χ4n) is 2.23. The maximum absolute atomic E-state index is 11.3. The number of rotatable bonds is 3. The third-order valence-electron chi connectivity index (χ3n) is 3.05. The Morgan fingerprint density at radius 1 is 1.26 bits per heavy atom. The van der Waals surface area contributed by atoms with Crippen molar-refractivity contribution >= 4 is 17.6 Å². The lowest BCUT2D eigenvalue weighted by Crippen LogP contribution is -2.11. The van der Waals surface area contributed by atoms with Gasteiger partial charge in [-0.05, 0) is 45.0 Å². The van der Waals surface area contributed by atoms with Crippen molar-refractivity contribution in [1.82, 2.24) is 4.57 Å². The fourth-order valence-corrected chi connectivity index (χ4v) is 2.45. The predicted octanol–water partition coefficient (Wildman–Crippen LogP) is 4.40. The lowest BCUT2D eigenvalue weighted by molar-refractivity contribution is 0.0683. The number of carbonyl (C=O) groups is 1. The van der Waals surface area contributed by atoms with Gasteiger partial charge in [0, 0.05) is 16.6 Å². The second-order valence-corrected chi connectivity index (χ2v) is 5.26. The molecule has 19 heavy (non-hydrogen) atoms. The average molecular weight is 278 g/mol. The molecule has 0 unspecified atom stereocenters. The van der Waals surface area contributed by atoms with Gasteiger partial charge in [-0.2, -0.15) is 0 Å². The molecule has 0 aliphatic rings. The molecule has 1 aromatic heterocycles. The molecule has 2 rings (SSSR count). The summed E-state index contributed by atoms with van der Waals surface area (Å²) in [4.78, 5) is 11.3. The topological polar surface area (TPSA) is 42.2 Å². The first-order valence-electron chi connectivity index (χ1n) is 6.13. The van der Waals surface area contributed by atoms with E-state index in [4.69, 9.17) is 11.6 Å². The van der Waals surface area contributed by atoms with E-state index in [1.54, 1.807) is 10.6 Å². The summed E-state index contributed by atoms with van der Waals surface area (Å²) in [5.74, 6) is -0.927. The average Bonchev–Trinajstić information content (AvgIpc) is 2.76. The zero-order valence-corrected chi connectivity index (χ0v) is 11.9. The van der Waals surface area contributed by atoms with E-state index < -0.39 is 5.97 Å². The number of carboxylic acid groups (broad SMARTS) is 1. The SMILES string of the molecule is Cc1ccc(Cl)c(-c2ccc(C(=O)O)n2C(C)C)c1. The van der Waals surface area contributed by atoms with E-state index in [0.29, 0.717) is 5.02 Å². The van der Waals surface area contributed by atoms with Gasteiger partial charge in [-0.3, -0.25) is 0 Å². The number of halogens is 1. The third kappa shape index (κ3) is 2.51. The summed E-state index contributed by atoms with van der Waals surface area (Å²) in [5.41, 5.74) is 3.07. The van der Waals surface area contributed by atoms with Crippen LogP contribution in [-0.2, 0) is 0 Å². The molecule has 4 heteroatoms. The normalized spacial score (nSPS) is 11.0. The molecule has 1 aromatic carbocycles. The quantitative estimate of drug-likeness (QED) is 0.904. The monoisotopic (exact) mass is 277 g/mol. The number of aryl methyl sites for hydroxylation is 1. The van der Waals surface area contributed by atoms with Crippen LogP contribution in [0.1, 0.15) is 35.9 Å². The van der Waals surface area contributed by atoms with Crippen LogP contribution in [0.15, 0.2) is 30.3 Å². The van der Waals surface area contributed by atoms with E-state index in [9.17, 15) is 9.90 Å². The highest BCUT2D eigenvalue weighted by Gasteiger charge is 2.18. The van der Waals surface area contributed by atoms with Crippen molar-refractivity contribution in [2.45, 2.75) is 26.8 Å². The highest BCUT2D eigenvalue weighted by Crippen LogP contribution is 2.32. The summed E-state index contributed by atoms with van der Waals surface area (Å²) in [6, 6.07) is 9.23. The Hall–Kier alpha value is -1.74. The highest BCUT2D eigenvalue weighted by atomic mass is 35.5.